The van der Waals surface area contributed by atoms with Crippen LogP contribution in [0.3, 0.4) is 0 Å². The fourth-order valence-corrected chi connectivity index (χ4v) is 2.88. The summed E-state index contributed by atoms with van der Waals surface area (Å²) in [6.45, 7) is 0.386. The SMILES string of the molecule is O=C(O)[C@H]1CN[C@@H](c2cc(Cl)ccc2O)S1. The molecule has 1 aromatic carbocycles. The van der Waals surface area contributed by atoms with Gasteiger partial charge >= 0.3 is 5.97 Å². The highest BCUT2D eigenvalue weighted by molar-refractivity contribution is 8.01. The molecular weight excluding hydrogens is 250 g/mol. The van der Waals surface area contributed by atoms with Crippen molar-refractivity contribution in [3.8, 4) is 5.75 Å². The minimum atomic E-state index is -0.846. The zero-order valence-corrected chi connectivity index (χ0v) is 9.76. The molecule has 0 unspecified atom stereocenters. The molecule has 1 saturated heterocycles. The molecule has 2 rings (SSSR count). The number of nitrogens with one attached hydrogen (secondary N) is 1. The van der Waals surface area contributed by atoms with Gasteiger partial charge in [0.15, 0.2) is 0 Å². The maximum Gasteiger partial charge on any atom is 0.318 e. The number of aromatic hydroxyl groups is 1. The maximum absolute atomic E-state index is 10.8. The van der Waals surface area contributed by atoms with Gasteiger partial charge in [0.05, 0.1) is 5.37 Å². The first-order valence-corrected chi connectivity index (χ1v) is 6.00. The number of carboxylic acids is 1. The van der Waals surface area contributed by atoms with Crippen LogP contribution in [0.15, 0.2) is 18.2 Å². The number of carbonyl (C=O) groups is 1. The summed E-state index contributed by atoms with van der Waals surface area (Å²) < 4.78 is 0. The van der Waals surface area contributed by atoms with Crippen molar-refractivity contribution < 1.29 is 15.0 Å². The lowest BCUT2D eigenvalue weighted by Gasteiger charge is -2.12. The number of phenolic OH excluding ortho intramolecular Hbond substituents is 1. The molecule has 1 aliphatic rings. The Hall–Kier alpha value is -0.910. The van der Waals surface area contributed by atoms with Crippen LogP contribution in [-0.4, -0.2) is 28.0 Å². The molecule has 4 nitrogen and oxygen atoms in total. The standard InChI is InChI=1S/C10H10ClNO3S/c11-5-1-2-7(13)6(3-5)9-12-4-8(16-9)10(14)15/h1-3,8-9,12-13H,4H2,(H,14,15)/t8-,9-/m1/s1. The van der Waals surface area contributed by atoms with E-state index in [9.17, 15) is 9.90 Å². The van der Waals surface area contributed by atoms with E-state index in [-0.39, 0.29) is 11.1 Å². The Balaban J connectivity index is 2.20. The van der Waals surface area contributed by atoms with E-state index in [0.29, 0.717) is 17.1 Å². The summed E-state index contributed by atoms with van der Waals surface area (Å²) in [5.41, 5.74) is 0.626. The number of thioether (sulfide) groups is 1. The topological polar surface area (TPSA) is 69.6 Å². The minimum absolute atomic E-state index is 0.125. The molecule has 0 bridgehead atoms. The Labute approximate surface area is 102 Å². The molecule has 0 radical (unpaired) electrons. The van der Waals surface area contributed by atoms with E-state index in [2.05, 4.69) is 5.32 Å². The highest BCUT2D eigenvalue weighted by Crippen LogP contribution is 2.39. The molecule has 1 fully saturated rings. The first kappa shape index (κ1) is 11.6. The van der Waals surface area contributed by atoms with Crippen molar-refractivity contribution in [3.63, 3.8) is 0 Å². The molecule has 1 aliphatic heterocycles. The van der Waals surface area contributed by atoms with Crippen LogP contribution >= 0.6 is 23.4 Å². The largest absolute Gasteiger partial charge is 0.508 e. The lowest BCUT2D eigenvalue weighted by Crippen LogP contribution is -2.21. The van der Waals surface area contributed by atoms with Gasteiger partial charge in [0.1, 0.15) is 11.0 Å². The minimum Gasteiger partial charge on any atom is -0.508 e. The van der Waals surface area contributed by atoms with E-state index in [1.165, 1.54) is 17.8 Å². The van der Waals surface area contributed by atoms with Crippen molar-refractivity contribution in [1.82, 2.24) is 5.32 Å². The van der Waals surface area contributed by atoms with E-state index in [1.807, 2.05) is 0 Å². The third kappa shape index (κ3) is 2.26. The molecule has 3 N–H and O–H groups in total. The average molecular weight is 260 g/mol. The van der Waals surface area contributed by atoms with Gasteiger partial charge in [0.2, 0.25) is 0 Å². The first-order valence-electron chi connectivity index (χ1n) is 4.68. The summed E-state index contributed by atoms with van der Waals surface area (Å²) in [5.74, 6) is -0.720. The summed E-state index contributed by atoms with van der Waals surface area (Å²) in [6.07, 6.45) is 0. The third-order valence-electron chi connectivity index (χ3n) is 2.34. The van der Waals surface area contributed by atoms with Crippen LogP contribution in [0, 0.1) is 0 Å². The average Bonchev–Trinajstić information content (AvgIpc) is 2.70. The van der Waals surface area contributed by atoms with Crippen LogP contribution < -0.4 is 5.32 Å². The van der Waals surface area contributed by atoms with Gasteiger partial charge in [-0.15, -0.1) is 11.8 Å². The second-order valence-corrected chi connectivity index (χ2v) is 5.20. The lowest BCUT2D eigenvalue weighted by molar-refractivity contribution is -0.136. The van der Waals surface area contributed by atoms with Crippen molar-refractivity contribution in [2.45, 2.75) is 10.6 Å². The Morgan fingerprint density at radius 3 is 2.94 bits per heavy atom. The van der Waals surface area contributed by atoms with Crippen LogP contribution in [0.2, 0.25) is 5.02 Å². The van der Waals surface area contributed by atoms with E-state index < -0.39 is 11.2 Å². The highest BCUT2D eigenvalue weighted by Gasteiger charge is 2.32. The molecule has 6 heteroatoms. The van der Waals surface area contributed by atoms with Crippen molar-refractivity contribution in [3.05, 3.63) is 28.8 Å². The van der Waals surface area contributed by atoms with Gasteiger partial charge in [-0.25, -0.2) is 0 Å². The summed E-state index contributed by atoms with van der Waals surface area (Å²) >= 11 is 7.10. The number of halogens is 1. The molecule has 1 aromatic rings. The van der Waals surface area contributed by atoms with Crippen LogP contribution in [0.1, 0.15) is 10.9 Å². The van der Waals surface area contributed by atoms with E-state index in [1.54, 1.807) is 12.1 Å². The number of hydrogen-bond donors (Lipinski definition) is 3. The van der Waals surface area contributed by atoms with Crippen molar-refractivity contribution in [2.75, 3.05) is 6.54 Å². The zero-order chi connectivity index (χ0) is 11.7. The summed E-state index contributed by atoms with van der Waals surface area (Å²) in [4.78, 5) is 10.8. The van der Waals surface area contributed by atoms with Gasteiger partial charge in [-0.05, 0) is 18.2 Å². The fraction of sp³-hybridized carbons (Fsp3) is 0.300. The summed E-state index contributed by atoms with van der Waals surface area (Å²) in [7, 11) is 0. The predicted octanol–water partition coefficient (Wildman–Crippen LogP) is 1.83. The molecule has 2 atom stereocenters. The van der Waals surface area contributed by atoms with Crippen molar-refractivity contribution >= 4 is 29.3 Å². The molecule has 86 valence electrons. The molecule has 0 saturated carbocycles. The number of benzene rings is 1. The number of rotatable bonds is 2. The number of hydrogen-bond acceptors (Lipinski definition) is 4. The van der Waals surface area contributed by atoms with Crippen LogP contribution in [-0.2, 0) is 4.79 Å². The van der Waals surface area contributed by atoms with Crippen LogP contribution in [0.4, 0.5) is 0 Å². The number of carboxylic acid groups (broad SMARTS) is 1. The van der Waals surface area contributed by atoms with Crippen molar-refractivity contribution in [1.29, 1.82) is 0 Å². The molecular formula is C10H10ClNO3S. The monoisotopic (exact) mass is 259 g/mol. The second-order valence-electron chi connectivity index (χ2n) is 3.45. The summed E-state index contributed by atoms with van der Waals surface area (Å²) in [5, 5.41) is 21.4. The highest BCUT2D eigenvalue weighted by atomic mass is 35.5. The van der Waals surface area contributed by atoms with Gasteiger partial charge < -0.3 is 10.2 Å². The van der Waals surface area contributed by atoms with Crippen LogP contribution in [0.5, 0.6) is 5.75 Å². The van der Waals surface area contributed by atoms with Gasteiger partial charge in [-0.1, -0.05) is 11.6 Å². The Bertz CT molecular complexity index is 427. The van der Waals surface area contributed by atoms with E-state index in [4.69, 9.17) is 16.7 Å². The lowest BCUT2D eigenvalue weighted by atomic mass is 10.2. The fourth-order valence-electron chi connectivity index (χ4n) is 1.54. The van der Waals surface area contributed by atoms with Gasteiger partial charge in [0, 0.05) is 17.1 Å². The normalized spacial score (nSPS) is 24.6. The molecule has 0 spiro atoms. The molecule has 1 heterocycles. The Morgan fingerprint density at radius 1 is 1.56 bits per heavy atom. The van der Waals surface area contributed by atoms with Crippen LogP contribution in [0.25, 0.3) is 0 Å². The number of aliphatic carboxylic acids is 1. The molecule has 16 heavy (non-hydrogen) atoms. The van der Waals surface area contributed by atoms with Gasteiger partial charge in [-0.2, -0.15) is 0 Å². The molecule has 0 amide bonds. The second kappa shape index (κ2) is 4.53. The quantitative estimate of drug-likeness (QED) is 0.756. The molecule has 0 aliphatic carbocycles. The van der Waals surface area contributed by atoms with Gasteiger partial charge in [0.25, 0.3) is 0 Å². The molecule has 0 aromatic heterocycles. The Morgan fingerprint density at radius 2 is 2.31 bits per heavy atom. The van der Waals surface area contributed by atoms with E-state index in [0.717, 1.165) is 0 Å². The zero-order valence-electron chi connectivity index (χ0n) is 8.18. The number of phenols is 1. The summed E-state index contributed by atoms with van der Waals surface area (Å²) in [6, 6.07) is 4.74. The van der Waals surface area contributed by atoms with Gasteiger partial charge in [-0.3, -0.25) is 10.1 Å². The first-order chi connectivity index (χ1) is 7.58. The maximum atomic E-state index is 10.8. The predicted molar refractivity (Wildman–Crippen MR) is 62.9 cm³/mol. The van der Waals surface area contributed by atoms with E-state index >= 15 is 0 Å². The van der Waals surface area contributed by atoms with Crippen molar-refractivity contribution in [2.24, 2.45) is 0 Å². The third-order valence-corrected chi connectivity index (χ3v) is 3.96. The smallest absolute Gasteiger partial charge is 0.318 e. The Kier molecular flexibility index (Phi) is 3.28.